The Bertz CT molecular complexity index is 1100. The van der Waals surface area contributed by atoms with Crippen molar-refractivity contribution >= 4 is 27.5 Å². The molecule has 0 saturated carbocycles. The highest BCUT2D eigenvalue weighted by atomic mass is 32.1. The molecule has 0 unspecified atom stereocenters. The third kappa shape index (κ3) is 4.48. The van der Waals surface area contributed by atoms with Gasteiger partial charge in [-0.1, -0.05) is 44.4 Å². The number of carbonyl (C=O) groups is 1. The van der Waals surface area contributed by atoms with E-state index in [1.54, 1.807) is 0 Å². The summed E-state index contributed by atoms with van der Waals surface area (Å²) < 4.78 is 6.66. The van der Waals surface area contributed by atoms with Crippen LogP contribution in [-0.2, 0) is 28.9 Å². The second kappa shape index (κ2) is 9.56. The molecular formula is C24H28N2O3S. The number of nitrogens with zero attached hydrogens (tertiary/aromatic N) is 2. The van der Waals surface area contributed by atoms with E-state index in [-0.39, 0.29) is 18.1 Å². The molecule has 2 aromatic heterocycles. The molecule has 0 amide bonds. The monoisotopic (exact) mass is 424 g/mol. The van der Waals surface area contributed by atoms with Gasteiger partial charge in [-0.15, -0.1) is 11.3 Å². The van der Waals surface area contributed by atoms with Gasteiger partial charge in [-0.2, -0.15) is 0 Å². The summed E-state index contributed by atoms with van der Waals surface area (Å²) in [6.45, 7) is 2.45. The van der Waals surface area contributed by atoms with E-state index < -0.39 is 0 Å². The summed E-state index contributed by atoms with van der Waals surface area (Å²) in [4.78, 5) is 30.5. The maximum absolute atomic E-state index is 13.1. The van der Waals surface area contributed by atoms with Crippen LogP contribution in [0.3, 0.4) is 0 Å². The molecule has 2 heterocycles. The smallest absolute Gasteiger partial charge is 0.326 e. The lowest BCUT2D eigenvalue weighted by molar-refractivity contribution is -0.144. The van der Waals surface area contributed by atoms with Crippen LogP contribution in [0.25, 0.3) is 21.3 Å². The predicted octanol–water partition coefficient (Wildman–Crippen LogP) is 5.13. The van der Waals surface area contributed by atoms with Crippen LogP contribution in [-0.4, -0.2) is 22.1 Å². The molecule has 1 aliphatic carbocycles. The normalized spacial score (nSPS) is 13.4. The summed E-state index contributed by atoms with van der Waals surface area (Å²) in [6, 6.07) is 6.52. The highest BCUT2D eigenvalue weighted by molar-refractivity contribution is 7.17. The number of hydrogen-bond acceptors (Lipinski definition) is 5. The number of hydrogen-bond donors (Lipinski definition) is 0. The molecule has 4 rings (SSSR count). The van der Waals surface area contributed by atoms with Crippen LogP contribution in [0.1, 0.15) is 56.6 Å². The number of ether oxygens (including phenoxy) is 1. The second-order valence-corrected chi connectivity index (χ2v) is 8.84. The molecular weight excluding hydrogens is 396 g/mol. The van der Waals surface area contributed by atoms with Gasteiger partial charge < -0.3 is 4.74 Å². The first-order chi connectivity index (χ1) is 14.7. The van der Waals surface area contributed by atoms with Crippen molar-refractivity contribution in [1.29, 1.82) is 0 Å². The number of unbranched alkanes of at least 4 members (excludes halogenated alkanes) is 3. The van der Waals surface area contributed by atoms with Gasteiger partial charge in [0, 0.05) is 10.9 Å². The fourth-order valence-corrected chi connectivity index (χ4v) is 5.00. The number of esters is 1. The molecule has 0 fully saturated rings. The number of carbonyl (C=O) groups excluding carboxylic acids is 1. The number of thiophene rings is 1. The molecule has 0 aliphatic heterocycles. The highest BCUT2D eigenvalue weighted by Gasteiger charge is 2.17. The van der Waals surface area contributed by atoms with E-state index in [0.29, 0.717) is 16.8 Å². The Morgan fingerprint density at radius 1 is 1.17 bits per heavy atom. The molecule has 0 atom stereocenters. The van der Waals surface area contributed by atoms with Gasteiger partial charge >= 0.3 is 5.97 Å². The topological polar surface area (TPSA) is 61.2 Å². The Balaban J connectivity index is 1.56. The lowest BCUT2D eigenvalue weighted by atomic mass is 9.89. The maximum Gasteiger partial charge on any atom is 0.326 e. The van der Waals surface area contributed by atoms with Crippen molar-refractivity contribution in [3.63, 3.8) is 0 Å². The van der Waals surface area contributed by atoms with Crippen LogP contribution >= 0.6 is 11.3 Å². The van der Waals surface area contributed by atoms with Crippen molar-refractivity contribution in [2.75, 3.05) is 6.61 Å². The number of fused-ring (bicyclic) bond motifs is 2. The van der Waals surface area contributed by atoms with Crippen LogP contribution in [0.15, 0.2) is 34.7 Å². The Labute approximate surface area is 180 Å². The summed E-state index contributed by atoms with van der Waals surface area (Å²) in [5.41, 5.74) is 4.58. The SMILES string of the molecule is CCCCCCOC(=O)Cn1cnc2scc(-c3ccc4c(c3)CCCC4)c2c1=O. The molecule has 0 radical (unpaired) electrons. The minimum atomic E-state index is -0.389. The van der Waals surface area contributed by atoms with Gasteiger partial charge in [-0.05, 0) is 48.8 Å². The third-order valence-electron chi connectivity index (χ3n) is 5.78. The molecule has 3 aromatic rings. The van der Waals surface area contributed by atoms with Gasteiger partial charge in [0.05, 0.1) is 18.3 Å². The largest absolute Gasteiger partial charge is 0.464 e. The van der Waals surface area contributed by atoms with Gasteiger partial charge in [0.2, 0.25) is 0 Å². The van der Waals surface area contributed by atoms with E-state index in [2.05, 4.69) is 30.1 Å². The first-order valence-corrected chi connectivity index (χ1v) is 11.8. The van der Waals surface area contributed by atoms with E-state index >= 15 is 0 Å². The van der Waals surface area contributed by atoms with E-state index in [0.717, 1.165) is 49.7 Å². The summed E-state index contributed by atoms with van der Waals surface area (Å²) in [6.07, 6.45) is 10.3. The predicted molar refractivity (Wildman–Crippen MR) is 121 cm³/mol. The average molecular weight is 425 g/mol. The van der Waals surface area contributed by atoms with Crippen molar-refractivity contribution in [2.24, 2.45) is 0 Å². The van der Waals surface area contributed by atoms with Gasteiger partial charge in [-0.3, -0.25) is 14.2 Å². The van der Waals surface area contributed by atoms with Crippen molar-refractivity contribution < 1.29 is 9.53 Å². The van der Waals surface area contributed by atoms with E-state index in [4.69, 9.17) is 4.74 Å². The van der Waals surface area contributed by atoms with E-state index in [1.807, 2.05) is 5.38 Å². The van der Waals surface area contributed by atoms with Gasteiger partial charge in [0.25, 0.3) is 5.56 Å². The number of aryl methyl sites for hydroxylation is 2. The van der Waals surface area contributed by atoms with Crippen LogP contribution < -0.4 is 5.56 Å². The maximum atomic E-state index is 13.1. The van der Waals surface area contributed by atoms with Gasteiger partial charge in [0.15, 0.2) is 0 Å². The molecule has 0 spiro atoms. The second-order valence-electron chi connectivity index (χ2n) is 7.98. The summed E-state index contributed by atoms with van der Waals surface area (Å²) >= 11 is 1.47. The van der Waals surface area contributed by atoms with E-state index in [1.165, 1.54) is 46.2 Å². The Hall–Kier alpha value is -2.47. The van der Waals surface area contributed by atoms with Crippen molar-refractivity contribution in [3.05, 3.63) is 51.4 Å². The van der Waals surface area contributed by atoms with Crippen molar-refractivity contribution in [2.45, 2.75) is 64.8 Å². The van der Waals surface area contributed by atoms with Crippen LogP contribution in [0, 0.1) is 0 Å². The third-order valence-corrected chi connectivity index (χ3v) is 6.67. The molecule has 0 saturated heterocycles. The molecule has 5 nitrogen and oxygen atoms in total. The van der Waals surface area contributed by atoms with Crippen LogP contribution in [0.2, 0.25) is 0 Å². The van der Waals surface area contributed by atoms with Crippen molar-refractivity contribution in [1.82, 2.24) is 9.55 Å². The Kier molecular flexibility index (Phi) is 6.62. The van der Waals surface area contributed by atoms with Crippen LogP contribution in [0.5, 0.6) is 0 Å². The standard InChI is InChI=1S/C24H28N2O3S/c1-2-3-4-7-12-29-21(27)14-26-16-25-23-22(24(26)28)20(15-30-23)19-11-10-17-8-5-6-9-18(17)13-19/h10-11,13,15-16H,2-9,12,14H2,1H3. The zero-order valence-corrected chi connectivity index (χ0v) is 18.3. The first-order valence-electron chi connectivity index (χ1n) is 10.9. The minimum absolute atomic E-state index is 0.102. The molecule has 0 N–H and O–H groups in total. The summed E-state index contributed by atoms with van der Waals surface area (Å²) in [7, 11) is 0. The van der Waals surface area contributed by atoms with Gasteiger partial charge in [0.1, 0.15) is 11.4 Å². The number of benzene rings is 1. The molecule has 0 bridgehead atoms. The molecule has 1 aromatic carbocycles. The zero-order chi connectivity index (χ0) is 20.9. The zero-order valence-electron chi connectivity index (χ0n) is 17.5. The average Bonchev–Trinajstić information content (AvgIpc) is 3.20. The quantitative estimate of drug-likeness (QED) is 0.372. The highest BCUT2D eigenvalue weighted by Crippen LogP contribution is 2.33. The fraction of sp³-hybridized carbons (Fsp3) is 0.458. The van der Waals surface area contributed by atoms with Gasteiger partial charge in [-0.25, -0.2) is 4.98 Å². The fourth-order valence-electron chi connectivity index (χ4n) is 4.09. The lowest BCUT2D eigenvalue weighted by Gasteiger charge is -2.16. The number of aromatic nitrogens is 2. The Morgan fingerprint density at radius 3 is 2.83 bits per heavy atom. The minimum Gasteiger partial charge on any atom is -0.464 e. The van der Waals surface area contributed by atoms with E-state index in [9.17, 15) is 9.59 Å². The molecule has 1 aliphatic rings. The Morgan fingerprint density at radius 2 is 2.00 bits per heavy atom. The molecule has 30 heavy (non-hydrogen) atoms. The lowest BCUT2D eigenvalue weighted by Crippen LogP contribution is -2.25. The molecule has 6 heteroatoms. The van der Waals surface area contributed by atoms with Crippen molar-refractivity contribution in [3.8, 4) is 11.1 Å². The summed E-state index contributed by atoms with van der Waals surface area (Å²) in [5, 5.41) is 2.59. The first kappa shape index (κ1) is 20.8. The number of rotatable bonds is 8. The summed E-state index contributed by atoms with van der Waals surface area (Å²) in [5.74, 6) is -0.389. The molecule has 158 valence electrons. The van der Waals surface area contributed by atoms with Crippen LogP contribution in [0.4, 0.5) is 0 Å².